The molecule has 0 saturated carbocycles. The molecule has 0 radical (unpaired) electrons. The standard InChI is InChI=1S/C14H21N3O2/c1-11-3-4-13(12(9-11)10-15-2)19-8-7-17-6-5-16-14(17)18/h3-4,9,15H,5-8,10H2,1-2H3,(H,16,18). The van der Waals surface area contributed by atoms with Crippen LogP contribution in [0, 0.1) is 6.92 Å². The quantitative estimate of drug-likeness (QED) is 0.808. The molecule has 2 amide bonds. The molecule has 5 nitrogen and oxygen atoms in total. The molecular weight excluding hydrogens is 242 g/mol. The summed E-state index contributed by atoms with van der Waals surface area (Å²) in [5.74, 6) is 0.888. The highest BCUT2D eigenvalue weighted by atomic mass is 16.5. The Bertz CT molecular complexity index is 448. The number of benzene rings is 1. The summed E-state index contributed by atoms with van der Waals surface area (Å²) in [7, 11) is 1.92. The number of hydrogen-bond acceptors (Lipinski definition) is 3. The normalized spacial score (nSPS) is 14.6. The van der Waals surface area contributed by atoms with E-state index in [1.807, 2.05) is 19.2 Å². The summed E-state index contributed by atoms with van der Waals surface area (Å²) in [5.41, 5.74) is 2.37. The zero-order valence-electron chi connectivity index (χ0n) is 11.5. The summed E-state index contributed by atoms with van der Waals surface area (Å²) in [4.78, 5) is 13.1. The highest BCUT2D eigenvalue weighted by Gasteiger charge is 2.18. The Morgan fingerprint density at radius 3 is 3.00 bits per heavy atom. The largest absolute Gasteiger partial charge is 0.491 e. The highest BCUT2D eigenvalue weighted by Crippen LogP contribution is 2.19. The van der Waals surface area contributed by atoms with Crippen molar-refractivity contribution in [2.75, 3.05) is 33.3 Å². The van der Waals surface area contributed by atoms with E-state index in [9.17, 15) is 4.79 Å². The topological polar surface area (TPSA) is 53.6 Å². The van der Waals surface area contributed by atoms with Gasteiger partial charge in [0.25, 0.3) is 0 Å². The Kier molecular flexibility index (Phi) is 4.63. The van der Waals surface area contributed by atoms with Crippen molar-refractivity contribution in [1.82, 2.24) is 15.5 Å². The van der Waals surface area contributed by atoms with Crippen molar-refractivity contribution in [3.8, 4) is 5.75 Å². The van der Waals surface area contributed by atoms with Crippen molar-refractivity contribution >= 4 is 6.03 Å². The maximum absolute atomic E-state index is 11.4. The minimum Gasteiger partial charge on any atom is -0.491 e. The second-order valence-corrected chi connectivity index (χ2v) is 4.71. The molecule has 0 bridgehead atoms. The van der Waals surface area contributed by atoms with Crippen molar-refractivity contribution in [2.45, 2.75) is 13.5 Å². The number of urea groups is 1. The van der Waals surface area contributed by atoms with Gasteiger partial charge < -0.3 is 20.3 Å². The predicted octanol–water partition coefficient (Wildman–Crippen LogP) is 1.12. The van der Waals surface area contributed by atoms with E-state index in [4.69, 9.17) is 4.74 Å². The van der Waals surface area contributed by atoms with Crippen LogP contribution in [0.1, 0.15) is 11.1 Å². The van der Waals surface area contributed by atoms with Crippen LogP contribution in [0.2, 0.25) is 0 Å². The molecule has 0 atom stereocenters. The molecule has 0 spiro atoms. The molecule has 0 aliphatic carbocycles. The summed E-state index contributed by atoms with van der Waals surface area (Å²) in [6.45, 7) is 5.48. The van der Waals surface area contributed by atoms with Gasteiger partial charge in [-0.1, -0.05) is 17.7 Å². The zero-order chi connectivity index (χ0) is 13.7. The van der Waals surface area contributed by atoms with E-state index >= 15 is 0 Å². The van der Waals surface area contributed by atoms with Crippen LogP contribution < -0.4 is 15.4 Å². The zero-order valence-corrected chi connectivity index (χ0v) is 11.5. The summed E-state index contributed by atoms with van der Waals surface area (Å²) < 4.78 is 5.79. The lowest BCUT2D eigenvalue weighted by atomic mass is 10.1. The van der Waals surface area contributed by atoms with Crippen molar-refractivity contribution in [2.24, 2.45) is 0 Å². The van der Waals surface area contributed by atoms with Crippen LogP contribution >= 0.6 is 0 Å². The van der Waals surface area contributed by atoms with Gasteiger partial charge in [0, 0.05) is 25.2 Å². The lowest BCUT2D eigenvalue weighted by Gasteiger charge is -2.16. The fourth-order valence-corrected chi connectivity index (χ4v) is 2.17. The average molecular weight is 263 g/mol. The summed E-state index contributed by atoms with van der Waals surface area (Å²) in [6.07, 6.45) is 0. The molecular formula is C14H21N3O2. The second-order valence-electron chi connectivity index (χ2n) is 4.71. The van der Waals surface area contributed by atoms with Gasteiger partial charge in [0.1, 0.15) is 12.4 Å². The monoisotopic (exact) mass is 263 g/mol. The molecule has 1 saturated heterocycles. The van der Waals surface area contributed by atoms with Crippen molar-refractivity contribution in [1.29, 1.82) is 0 Å². The van der Waals surface area contributed by atoms with Gasteiger partial charge in [-0.15, -0.1) is 0 Å². The number of carbonyl (C=O) groups excluding carboxylic acids is 1. The van der Waals surface area contributed by atoms with E-state index < -0.39 is 0 Å². The third-order valence-electron chi connectivity index (χ3n) is 3.15. The number of carbonyl (C=O) groups is 1. The van der Waals surface area contributed by atoms with Crippen molar-refractivity contribution in [3.05, 3.63) is 29.3 Å². The van der Waals surface area contributed by atoms with Gasteiger partial charge >= 0.3 is 6.03 Å². The van der Waals surface area contributed by atoms with Crippen molar-refractivity contribution < 1.29 is 9.53 Å². The Morgan fingerprint density at radius 2 is 2.32 bits per heavy atom. The third-order valence-corrected chi connectivity index (χ3v) is 3.15. The minimum atomic E-state index is 0.00274. The van der Waals surface area contributed by atoms with Gasteiger partial charge in [0.15, 0.2) is 0 Å². The molecule has 1 fully saturated rings. The molecule has 0 unspecified atom stereocenters. The van der Waals surface area contributed by atoms with E-state index in [2.05, 4.69) is 23.6 Å². The van der Waals surface area contributed by atoms with Crippen LogP contribution in [-0.4, -0.2) is 44.2 Å². The molecule has 1 aromatic carbocycles. The Labute approximate surface area is 113 Å². The molecule has 1 heterocycles. The molecule has 19 heavy (non-hydrogen) atoms. The third kappa shape index (κ3) is 3.61. The van der Waals surface area contributed by atoms with E-state index in [1.54, 1.807) is 4.90 Å². The van der Waals surface area contributed by atoms with Gasteiger partial charge in [-0.3, -0.25) is 0 Å². The number of hydrogen-bond donors (Lipinski definition) is 2. The number of nitrogens with zero attached hydrogens (tertiary/aromatic N) is 1. The van der Waals surface area contributed by atoms with Gasteiger partial charge in [-0.25, -0.2) is 4.79 Å². The lowest BCUT2D eigenvalue weighted by molar-refractivity contribution is 0.202. The fourth-order valence-electron chi connectivity index (χ4n) is 2.17. The molecule has 1 aliphatic heterocycles. The van der Waals surface area contributed by atoms with Crippen molar-refractivity contribution in [3.63, 3.8) is 0 Å². The summed E-state index contributed by atoms with van der Waals surface area (Å²) >= 11 is 0. The van der Waals surface area contributed by atoms with E-state index in [0.29, 0.717) is 13.2 Å². The summed E-state index contributed by atoms with van der Waals surface area (Å²) in [6, 6.07) is 6.15. The molecule has 1 aliphatic rings. The van der Waals surface area contributed by atoms with Gasteiger partial charge in [-0.2, -0.15) is 0 Å². The smallest absolute Gasteiger partial charge is 0.317 e. The first-order valence-electron chi connectivity index (χ1n) is 6.60. The van der Waals surface area contributed by atoms with E-state index in [-0.39, 0.29) is 6.03 Å². The Morgan fingerprint density at radius 1 is 1.47 bits per heavy atom. The first kappa shape index (κ1) is 13.7. The minimum absolute atomic E-state index is 0.00274. The van der Waals surface area contributed by atoms with Crippen LogP contribution in [0.25, 0.3) is 0 Å². The SMILES string of the molecule is CNCc1cc(C)ccc1OCCN1CCNC1=O. The molecule has 2 N–H and O–H groups in total. The molecule has 2 rings (SSSR count). The second kappa shape index (κ2) is 6.43. The Balaban J connectivity index is 1.89. The first-order chi connectivity index (χ1) is 9.20. The number of ether oxygens (including phenoxy) is 1. The molecule has 104 valence electrons. The van der Waals surface area contributed by atoms with Gasteiger partial charge in [0.2, 0.25) is 0 Å². The molecule has 1 aromatic rings. The van der Waals surface area contributed by atoms with Crippen LogP contribution in [-0.2, 0) is 6.54 Å². The predicted molar refractivity (Wildman–Crippen MR) is 74.4 cm³/mol. The van der Waals surface area contributed by atoms with E-state index in [1.165, 1.54) is 5.56 Å². The number of nitrogens with one attached hydrogen (secondary N) is 2. The number of amides is 2. The average Bonchev–Trinajstić information content (AvgIpc) is 2.78. The van der Waals surface area contributed by atoms with Crippen LogP contribution in [0.3, 0.4) is 0 Å². The molecule has 5 heteroatoms. The maximum Gasteiger partial charge on any atom is 0.317 e. The van der Waals surface area contributed by atoms with Crippen LogP contribution in [0.5, 0.6) is 5.75 Å². The van der Waals surface area contributed by atoms with Gasteiger partial charge in [0.05, 0.1) is 6.54 Å². The van der Waals surface area contributed by atoms with E-state index in [0.717, 1.165) is 30.9 Å². The fraction of sp³-hybridized carbons (Fsp3) is 0.500. The van der Waals surface area contributed by atoms with Crippen LogP contribution in [0.4, 0.5) is 4.79 Å². The van der Waals surface area contributed by atoms with Crippen LogP contribution in [0.15, 0.2) is 18.2 Å². The number of aryl methyl sites for hydroxylation is 1. The molecule has 0 aromatic heterocycles. The maximum atomic E-state index is 11.4. The lowest BCUT2D eigenvalue weighted by Crippen LogP contribution is -2.32. The summed E-state index contributed by atoms with van der Waals surface area (Å²) in [5, 5.41) is 5.91. The van der Waals surface area contributed by atoms with Gasteiger partial charge in [-0.05, 0) is 20.0 Å². The first-order valence-corrected chi connectivity index (χ1v) is 6.60. The highest BCUT2D eigenvalue weighted by molar-refractivity contribution is 5.76. The Hall–Kier alpha value is -1.75. The number of rotatable bonds is 6.